The lowest BCUT2D eigenvalue weighted by atomic mass is 10.3. The average molecular weight is 312 g/mol. The Labute approximate surface area is 122 Å². The van der Waals surface area contributed by atoms with Crippen LogP contribution in [0.25, 0.3) is 0 Å². The predicted octanol–water partition coefficient (Wildman–Crippen LogP) is 1.78. The summed E-state index contributed by atoms with van der Waals surface area (Å²) in [6, 6.07) is 6.57. The third kappa shape index (κ3) is 3.34. The van der Waals surface area contributed by atoms with Crippen LogP contribution >= 0.6 is 11.3 Å². The summed E-state index contributed by atoms with van der Waals surface area (Å²) in [6.45, 7) is 3.80. The Bertz CT molecular complexity index is 680. The molecule has 2 heterocycles. The molecule has 2 aromatic heterocycles. The zero-order valence-corrected chi connectivity index (χ0v) is 12.8. The summed E-state index contributed by atoms with van der Waals surface area (Å²) in [4.78, 5) is 6.12. The maximum Gasteiger partial charge on any atom is 0.242 e. The van der Waals surface area contributed by atoms with Crippen LogP contribution in [0, 0.1) is 6.92 Å². The SMILES string of the molecule is Cc1ccc(C(C)NS(=O)(=O)c2ccc(NN)nc2)s1. The van der Waals surface area contributed by atoms with Crippen LogP contribution < -0.4 is 16.0 Å². The molecular weight excluding hydrogens is 296 g/mol. The zero-order valence-electron chi connectivity index (χ0n) is 11.1. The highest BCUT2D eigenvalue weighted by atomic mass is 32.2. The van der Waals surface area contributed by atoms with Crippen LogP contribution in [0.4, 0.5) is 5.82 Å². The van der Waals surface area contributed by atoms with Gasteiger partial charge in [-0.3, -0.25) is 0 Å². The summed E-state index contributed by atoms with van der Waals surface area (Å²) in [5.74, 6) is 5.60. The molecule has 0 fully saturated rings. The van der Waals surface area contributed by atoms with E-state index in [1.54, 1.807) is 11.3 Å². The number of pyridine rings is 1. The van der Waals surface area contributed by atoms with Gasteiger partial charge in [-0.25, -0.2) is 24.0 Å². The quantitative estimate of drug-likeness (QED) is 0.577. The number of aromatic nitrogens is 1. The number of aryl methyl sites for hydroxylation is 1. The van der Waals surface area contributed by atoms with Gasteiger partial charge in [-0.2, -0.15) is 0 Å². The number of hydrazine groups is 1. The van der Waals surface area contributed by atoms with Gasteiger partial charge in [-0.15, -0.1) is 11.3 Å². The highest BCUT2D eigenvalue weighted by Crippen LogP contribution is 2.24. The van der Waals surface area contributed by atoms with Crippen molar-refractivity contribution in [3.8, 4) is 0 Å². The molecule has 1 atom stereocenters. The molecule has 6 nitrogen and oxygen atoms in total. The first-order valence-electron chi connectivity index (χ1n) is 5.94. The second-order valence-electron chi connectivity index (χ2n) is 4.31. The van der Waals surface area contributed by atoms with Crippen LogP contribution in [0.2, 0.25) is 0 Å². The largest absolute Gasteiger partial charge is 0.308 e. The lowest BCUT2D eigenvalue weighted by Crippen LogP contribution is -2.26. The van der Waals surface area contributed by atoms with Gasteiger partial charge in [0.05, 0.1) is 6.04 Å². The van der Waals surface area contributed by atoms with Crippen molar-refractivity contribution in [3.05, 3.63) is 40.2 Å². The van der Waals surface area contributed by atoms with E-state index in [-0.39, 0.29) is 10.9 Å². The fraction of sp³-hybridized carbons (Fsp3) is 0.250. The summed E-state index contributed by atoms with van der Waals surface area (Å²) in [5, 5.41) is 0. The number of hydrogen-bond donors (Lipinski definition) is 3. The molecule has 0 spiro atoms. The third-order valence-electron chi connectivity index (χ3n) is 2.71. The monoisotopic (exact) mass is 312 g/mol. The second-order valence-corrected chi connectivity index (χ2v) is 7.35. The van der Waals surface area contributed by atoms with E-state index in [2.05, 4.69) is 15.1 Å². The molecule has 0 aliphatic carbocycles. The van der Waals surface area contributed by atoms with Crippen LogP contribution in [0.15, 0.2) is 35.4 Å². The summed E-state index contributed by atoms with van der Waals surface area (Å²) in [6.07, 6.45) is 1.27. The number of sulfonamides is 1. The minimum absolute atomic E-state index is 0.108. The van der Waals surface area contributed by atoms with Crippen molar-refractivity contribution >= 4 is 27.2 Å². The van der Waals surface area contributed by atoms with E-state index in [1.165, 1.54) is 18.3 Å². The van der Waals surface area contributed by atoms with Crippen molar-refractivity contribution in [1.82, 2.24) is 9.71 Å². The predicted molar refractivity (Wildman–Crippen MR) is 79.8 cm³/mol. The van der Waals surface area contributed by atoms with E-state index in [9.17, 15) is 8.42 Å². The first-order valence-corrected chi connectivity index (χ1v) is 8.23. The van der Waals surface area contributed by atoms with E-state index in [1.807, 2.05) is 26.0 Å². The van der Waals surface area contributed by atoms with Crippen LogP contribution in [0.3, 0.4) is 0 Å². The minimum Gasteiger partial charge on any atom is -0.308 e. The lowest BCUT2D eigenvalue weighted by Gasteiger charge is -2.12. The number of thiophene rings is 1. The summed E-state index contributed by atoms with van der Waals surface area (Å²) >= 11 is 1.57. The molecule has 0 saturated heterocycles. The highest BCUT2D eigenvalue weighted by Gasteiger charge is 2.19. The van der Waals surface area contributed by atoms with Gasteiger partial charge in [0.2, 0.25) is 10.0 Å². The van der Waals surface area contributed by atoms with Gasteiger partial charge in [0.1, 0.15) is 10.7 Å². The van der Waals surface area contributed by atoms with Gasteiger partial charge in [0.15, 0.2) is 0 Å². The lowest BCUT2D eigenvalue weighted by molar-refractivity contribution is 0.568. The van der Waals surface area contributed by atoms with Gasteiger partial charge < -0.3 is 5.43 Å². The zero-order chi connectivity index (χ0) is 14.8. The molecule has 0 radical (unpaired) electrons. The van der Waals surface area contributed by atoms with Crippen molar-refractivity contribution < 1.29 is 8.42 Å². The van der Waals surface area contributed by atoms with Gasteiger partial charge >= 0.3 is 0 Å². The number of hydrogen-bond acceptors (Lipinski definition) is 6. The van der Waals surface area contributed by atoms with Gasteiger partial charge in [-0.05, 0) is 38.1 Å². The number of nitrogens with zero attached hydrogens (tertiary/aromatic N) is 1. The van der Waals surface area contributed by atoms with E-state index >= 15 is 0 Å². The Morgan fingerprint density at radius 3 is 2.55 bits per heavy atom. The van der Waals surface area contributed by atoms with E-state index in [4.69, 9.17) is 5.84 Å². The molecule has 0 aliphatic rings. The maximum absolute atomic E-state index is 12.2. The summed E-state index contributed by atoms with van der Waals surface area (Å²) < 4.78 is 27.1. The van der Waals surface area contributed by atoms with E-state index < -0.39 is 10.0 Å². The topological polar surface area (TPSA) is 97.1 Å². The average Bonchev–Trinajstić information content (AvgIpc) is 2.85. The van der Waals surface area contributed by atoms with Gasteiger partial charge in [-0.1, -0.05) is 0 Å². The molecule has 2 rings (SSSR count). The molecule has 8 heteroatoms. The fourth-order valence-electron chi connectivity index (χ4n) is 1.67. The highest BCUT2D eigenvalue weighted by molar-refractivity contribution is 7.89. The molecule has 0 bridgehead atoms. The van der Waals surface area contributed by atoms with Gasteiger partial charge in [0.25, 0.3) is 0 Å². The normalized spacial score (nSPS) is 13.2. The molecule has 0 aromatic carbocycles. The standard InChI is InChI=1S/C12H16N4O2S2/c1-8-3-5-11(19-8)9(2)16-20(17,18)10-4-6-12(15-13)14-7-10/h3-7,9,16H,13H2,1-2H3,(H,14,15). The first-order chi connectivity index (χ1) is 9.42. The fourth-order valence-corrected chi connectivity index (χ4v) is 3.79. The maximum atomic E-state index is 12.2. The molecule has 0 amide bonds. The van der Waals surface area contributed by atoms with Gasteiger partial charge in [0, 0.05) is 16.0 Å². The molecule has 4 N–H and O–H groups in total. The van der Waals surface area contributed by atoms with Crippen molar-refractivity contribution in [2.45, 2.75) is 24.8 Å². The van der Waals surface area contributed by atoms with Crippen LogP contribution in [0.1, 0.15) is 22.7 Å². The van der Waals surface area contributed by atoms with Crippen molar-refractivity contribution in [1.29, 1.82) is 0 Å². The first kappa shape index (κ1) is 14.9. The van der Waals surface area contributed by atoms with Crippen LogP contribution in [-0.4, -0.2) is 13.4 Å². The third-order valence-corrected chi connectivity index (χ3v) is 5.42. The number of nitrogen functional groups attached to an aromatic ring is 1. The van der Waals surface area contributed by atoms with E-state index in [0.29, 0.717) is 5.82 Å². The summed E-state index contributed by atoms with van der Waals surface area (Å²) in [5.41, 5.74) is 2.35. The van der Waals surface area contributed by atoms with Crippen molar-refractivity contribution in [2.75, 3.05) is 5.43 Å². The molecule has 108 valence electrons. The Morgan fingerprint density at radius 2 is 2.05 bits per heavy atom. The number of anilines is 1. The van der Waals surface area contributed by atoms with Crippen molar-refractivity contribution in [2.24, 2.45) is 5.84 Å². The molecular formula is C12H16N4O2S2. The van der Waals surface area contributed by atoms with Crippen molar-refractivity contribution in [3.63, 3.8) is 0 Å². The van der Waals surface area contributed by atoms with E-state index in [0.717, 1.165) is 9.75 Å². The minimum atomic E-state index is -3.60. The Hall–Kier alpha value is -1.48. The molecule has 1 unspecified atom stereocenters. The Morgan fingerprint density at radius 1 is 1.30 bits per heavy atom. The smallest absolute Gasteiger partial charge is 0.242 e. The number of rotatable bonds is 5. The molecule has 0 saturated carbocycles. The summed E-state index contributed by atoms with van der Waals surface area (Å²) in [7, 11) is -3.60. The van der Waals surface area contributed by atoms with Crippen LogP contribution in [0.5, 0.6) is 0 Å². The molecule has 0 aliphatic heterocycles. The van der Waals surface area contributed by atoms with Crippen LogP contribution in [-0.2, 0) is 10.0 Å². The second kappa shape index (κ2) is 5.88. The molecule has 2 aromatic rings. The number of nitrogens with one attached hydrogen (secondary N) is 2. The Kier molecular flexibility index (Phi) is 4.39. The Balaban J connectivity index is 2.17. The molecule has 20 heavy (non-hydrogen) atoms. The number of nitrogens with two attached hydrogens (primary N) is 1.